The van der Waals surface area contributed by atoms with Crippen LogP contribution < -0.4 is 5.73 Å². The van der Waals surface area contributed by atoms with E-state index >= 15 is 0 Å². The summed E-state index contributed by atoms with van der Waals surface area (Å²) in [5.74, 6) is -1.17. The van der Waals surface area contributed by atoms with E-state index in [2.05, 4.69) is 10.1 Å². The number of nitrogens with zero attached hydrogens (tertiary/aromatic N) is 3. The number of hydrogen-bond acceptors (Lipinski definition) is 3. The molecule has 0 fully saturated rings. The number of benzene rings is 1. The predicted molar refractivity (Wildman–Crippen MR) is 73.4 cm³/mol. The van der Waals surface area contributed by atoms with E-state index in [1.807, 2.05) is 22.6 Å². The molecule has 1 aromatic heterocycles. The van der Waals surface area contributed by atoms with Crippen LogP contribution >= 0.6 is 22.6 Å². The van der Waals surface area contributed by atoms with E-state index in [1.165, 1.54) is 16.8 Å². The van der Waals surface area contributed by atoms with Crippen LogP contribution in [0.25, 0.3) is 0 Å². The van der Waals surface area contributed by atoms with Crippen molar-refractivity contribution in [3.8, 4) is 0 Å². The molecule has 0 saturated carbocycles. The second kappa shape index (κ2) is 5.01. The number of anilines is 1. The first kappa shape index (κ1) is 12.9. The minimum atomic E-state index is -0.668. The average molecular weight is 362 g/mol. The molecule has 2 aromatic rings. The van der Waals surface area contributed by atoms with Crippen LogP contribution in [0, 0.1) is 22.1 Å². The quantitative estimate of drug-likeness (QED) is 0.660. The maximum atomic E-state index is 13.5. The maximum Gasteiger partial charge on any atom is 0.221 e. The number of halogens is 3. The largest absolute Gasteiger partial charge is 0.368 e. The van der Waals surface area contributed by atoms with Gasteiger partial charge < -0.3 is 5.73 Å². The highest BCUT2D eigenvalue weighted by atomic mass is 127. The molecule has 18 heavy (non-hydrogen) atoms. The third kappa shape index (κ3) is 2.66. The van der Waals surface area contributed by atoms with Crippen molar-refractivity contribution < 1.29 is 8.78 Å². The van der Waals surface area contributed by atoms with Gasteiger partial charge in [-0.3, -0.25) is 0 Å². The van der Waals surface area contributed by atoms with Gasteiger partial charge in [0.2, 0.25) is 5.95 Å². The number of aryl methyl sites for hydroxylation is 1. The summed E-state index contributed by atoms with van der Waals surface area (Å²) in [5.41, 5.74) is 6.02. The van der Waals surface area contributed by atoms with E-state index < -0.39 is 11.6 Å². The lowest BCUT2D eigenvalue weighted by Gasteiger charge is -2.00. The molecule has 0 atom stereocenters. The summed E-state index contributed by atoms with van der Waals surface area (Å²) in [5, 5.41) is 3.87. The summed E-state index contributed by atoms with van der Waals surface area (Å²) in [6, 6.07) is 2.46. The van der Waals surface area contributed by atoms with Crippen LogP contribution in [0.1, 0.15) is 11.3 Å². The smallest absolute Gasteiger partial charge is 0.221 e. The number of nitrogen functional groups attached to an aromatic ring is 1. The summed E-state index contributed by atoms with van der Waals surface area (Å²) in [4.78, 5) is 3.92. The minimum absolute atomic E-state index is 0.162. The van der Waals surface area contributed by atoms with Crippen LogP contribution in [0.5, 0.6) is 0 Å². The molecular weight excluding hydrogens is 353 g/mol. The van der Waals surface area contributed by atoms with Gasteiger partial charge in [-0.1, -0.05) is 0 Å². The number of hydrogen-bond donors (Lipinski definition) is 1. The number of nitrogens with two attached hydrogens (primary N) is 1. The molecule has 0 amide bonds. The molecule has 0 saturated heterocycles. The van der Waals surface area contributed by atoms with Gasteiger partial charge in [-0.15, -0.1) is 0 Å². The van der Waals surface area contributed by atoms with Crippen LogP contribution in [0.3, 0.4) is 0 Å². The van der Waals surface area contributed by atoms with Gasteiger partial charge in [0.25, 0.3) is 0 Å². The first-order valence-electron chi connectivity index (χ1n) is 4.97. The fourth-order valence-corrected chi connectivity index (χ4v) is 1.94. The summed E-state index contributed by atoms with van der Waals surface area (Å²) in [7, 11) is 0. The lowest BCUT2D eigenvalue weighted by molar-refractivity contribution is 0.578. The van der Waals surface area contributed by atoms with Crippen molar-refractivity contribution in [2.45, 2.75) is 6.92 Å². The van der Waals surface area contributed by atoms with Crippen LogP contribution in [0.2, 0.25) is 0 Å². The summed E-state index contributed by atoms with van der Waals surface area (Å²) in [6.45, 7) is 1.74. The molecule has 1 aromatic carbocycles. The number of aromatic nitrogens is 2. The van der Waals surface area contributed by atoms with Gasteiger partial charge in [0.15, 0.2) is 0 Å². The monoisotopic (exact) mass is 362 g/mol. The SMILES string of the molecule is Cc1cn(N=Cc2c(F)cc(I)cc2F)c(N)n1. The Morgan fingerprint density at radius 3 is 2.50 bits per heavy atom. The molecule has 2 N–H and O–H groups in total. The Morgan fingerprint density at radius 2 is 2.00 bits per heavy atom. The number of imidazole rings is 1. The minimum Gasteiger partial charge on any atom is -0.368 e. The molecule has 2 rings (SSSR count). The summed E-state index contributed by atoms with van der Waals surface area (Å²) < 4.78 is 28.8. The van der Waals surface area contributed by atoms with Crippen molar-refractivity contribution in [1.82, 2.24) is 9.66 Å². The molecule has 0 aliphatic carbocycles. The molecular formula is C11H9F2IN4. The highest BCUT2D eigenvalue weighted by Crippen LogP contribution is 2.15. The Labute approximate surface area is 116 Å². The van der Waals surface area contributed by atoms with E-state index in [1.54, 1.807) is 13.1 Å². The van der Waals surface area contributed by atoms with Gasteiger partial charge in [0.05, 0.1) is 23.7 Å². The van der Waals surface area contributed by atoms with Gasteiger partial charge in [-0.25, -0.2) is 18.4 Å². The van der Waals surface area contributed by atoms with Gasteiger partial charge in [0, 0.05) is 3.57 Å². The van der Waals surface area contributed by atoms with Crippen molar-refractivity contribution in [3.63, 3.8) is 0 Å². The molecule has 0 aliphatic rings. The fourth-order valence-electron chi connectivity index (χ4n) is 1.39. The second-order valence-electron chi connectivity index (χ2n) is 3.61. The van der Waals surface area contributed by atoms with Crippen LogP contribution in [0.4, 0.5) is 14.7 Å². The van der Waals surface area contributed by atoms with Gasteiger partial charge in [-0.2, -0.15) is 5.10 Å². The summed E-state index contributed by atoms with van der Waals surface area (Å²) >= 11 is 1.84. The van der Waals surface area contributed by atoms with E-state index in [-0.39, 0.29) is 11.5 Å². The van der Waals surface area contributed by atoms with Crippen LogP contribution in [-0.2, 0) is 0 Å². The van der Waals surface area contributed by atoms with E-state index in [0.717, 1.165) is 6.21 Å². The Balaban J connectivity index is 2.37. The van der Waals surface area contributed by atoms with Crippen LogP contribution in [-0.4, -0.2) is 15.9 Å². The van der Waals surface area contributed by atoms with Gasteiger partial charge >= 0.3 is 0 Å². The predicted octanol–water partition coefficient (Wildman–Crippen LogP) is 2.54. The van der Waals surface area contributed by atoms with Crippen molar-refractivity contribution in [2.24, 2.45) is 5.10 Å². The van der Waals surface area contributed by atoms with Crippen molar-refractivity contribution >= 4 is 34.8 Å². The van der Waals surface area contributed by atoms with E-state index in [9.17, 15) is 8.78 Å². The Hall–Kier alpha value is -1.51. The Kier molecular flexibility index (Phi) is 3.60. The second-order valence-corrected chi connectivity index (χ2v) is 4.86. The fraction of sp³-hybridized carbons (Fsp3) is 0.0909. The first-order valence-corrected chi connectivity index (χ1v) is 6.05. The van der Waals surface area contributed by atoms with Crippen molar-refractivity contribution in [2.75, 3.05) is 5.73 Å². The third-order valence-corrected chi connectivity index (χ3v) is 2.81. The molecule has 0 spiro atoms. The van der Waals surface area contributed by atoms with Crippen molar-refractivity contribution in [1.29, 1.82) is 0 Å². The zero-order valence-electron chi connectivity index (χ0n) is 9.36. The molecule has 94 valence electrons. The normalized spacial score (nSPS) is 11.3. The standard InChI is InChI=1S/C11H9F2IN4/c1-6-5-18(11(15)17-6)16-4-8-9(12)2-7(14)3-10(8)13/h2-5H,1H3,(H2,15,17). The molecule has 0 radical (unpaired) electrons. The summed E-state index contributed by atoms with van der Waals surface area (Å²) in [6.07, 6.45) is 2.65. The zero-order chi connectivity index (χ0) is 13.3. The van der Waals surface area contributed by atoms with Gasteiger partial charge in [-0.05, 0) is 41.6 Å². The molecule has 7 heteroatoms. The molecule has 4 nitrogen and oxygen atoms in total. The van der Waals surface area contributed by atoms with E-state index in [0.29, 0.717) is 9.26 Å². The zero-order valence-corrected chi connectivity index (χ0v) is 11.5. The lowest BCUT2D eigenvalue weighted by atomic mass is 10.2. The third-order valence-electron chi connectivity index (χ3n) is 2.19. The van der Waals surface area contributed by atoms with E-state index in [4.69, 9.17) is 5.73 Å². The molecule has 0 unspecified atom stereocenters. The topological polar surface area (TPSA) is 56.2 Å². The van der Waals surface area contributed by atoms with Gasteiger partial charge in [0.1, 0.15) is 11.6 Å². The Bertz CT molecular complexity index is 598. The average Bonchev–Trinajstić information content (AvgIpc) is 2.55. The first-order chi connectivity index (χ1) is 8.47. The highest BCUT2D eigenvalue weighted by Gasteiger charge is 2.08. The van der Waals surface area contributed by atoms with Crippen molar-refractivity contribution in [3.05, 3.63) is 44.8 Å². The lowest BCUT2D eigenvalue weighted by Crippen LogP contribution is -2.00. The molecule has 0 bridgehead atoms. The maximum absolute atomic E-state index is 13.5. The highest BCUT2D eigenvalue weighted by molar-refractivity contribution is 14.1. The molecule has 0 aliphatic heterocycles. The van der Waals surface area contributed by atoms with Crippen LogP contribution in [0.15, 0.2) is 23.4 Å². The number of rotatable bonds is 2. The Morgan fingerprint density at radius 1 is 1.39 bits per heavy atom. The molecule has 1 heterocycles.